The molecule has 0 aliphatic rings. The summed E-state index contributed by atoms with van der Waals surface area (Å²) in [7, 11) is 1.37. The summed E-state index contributed by atoms with van der Waals surface area (Å²) in [5.41, 5.74) is 1.61. The standard InChI is InChI=1S/C15H19BrN2O2/c1-11(2)18(8-4-7-17)10-13-6-5-12(9-14(13)16)15(19)20-3/h5-6,9,11H,4,8,10H2,1-3H3. The summed E-state index contributed by atoms with van der Waals surface area (Å²) in [5, 5.41) is 8.70. The zero-order valence-corrected chi connectivity index (χ0v) is 13.6. The summed E-state index contributed by atoms with van der Waals surface area (Å²) in [6.07, 6.45) is 0.510. The molecule has 1 aromatic carbocycles. The van der Waals surface area contributed by atoms with Crippen LogP contribution in [0.5, 0.6) is 0 Å². The van der Waals surface area contributed by atoms with Crippen LogP contribution in [0.2, 0.25) is 0 Å². The third-order valence-electron chi connectivity index (χ3n) is 3.09. The Morgan fingerprint density at radius 1 is 1.50 bits per heavy atom. The summed E-state index contributed by atoms with van der Waals surface area (Å²) in [6, 6.07) is 7.97. The lowest BCUT2D eigenvalue weighted by atomic mass is 10.1. The molecule has 0 saturated heterocycles. The molecule has 0 aromatic heterocycles. The van der Waals surface area contributed by atoms with Gasteiger partial charge in [0.05, 0.1) is 18.7 Å². The van der Waals surface area contributed by atoms with E-state index in [0.717, 1.165) is 23.1 Å². The normalized spacial score (nSPS) is 10.7. The number of benzene rings is 1. The molecule has 0 aliphatic carbocycles. The molecule has 5 heteroatoms. The number of esters is 1. The molecular weight excluding hydrogens is 320 g/mol. The molecule has 0 heterocycles. The second kappa shape index (κ2) is 8.03. The number of methoxy groups -OCH3 is 1. The van der Waals surface area contributed by atoms with E-state index in [0.29, 0.717) is 18.0 Å². The van der Waals surface area contributed by atoms with E-state index in [1.54, 1.807) is 12.1 Å². The number of carbonyl (C=O) groups excluding carboxylic acids is 1. The fourth-order valence-electron chi connectivity index (χ4n) is 1.85. The van der Waals surface area contributed by atoms with Gasteiger partial charge in [0.2, 0.25) is 0 Å². The summed E-state index contributed by atoms with van der Waals surface area (Å²) in [6.45, 7) is 5.68. The van der Waals surface area contributed by atoms with Gasteiger partial charge in [-0.1, -0.05) is 22.0 Å². The first-order chi connectivity index (χ1) is 9.49. The maximum Gasteiger partial charge on any atom is 0.337 e. The lowest BCUT2D eigenvalue weighted by Crippen LogP contribution is -2.31. The molecule has 20 heavy (non-hydrogen) atoms. The smallest absolute Gasteiger partial charge is 0.337 e. The summed E-state index contributed by atoms with van der Waals surface area (Å²) >= 11 is 3.49. The van der Waals surface area contributed by atoms with Gasteiger partial charge in [0.25, 0.3) is 0 Å². The Morgan fingerprint density at radius 2 is 2.20 bits per heavy atom. The van der Waals surface area contributed by atoms with E-state index in [9.17, 15) is 4.79 Å². The summed E-state index contributed by atoms with van der Waals surface area (Å²) in [5.74, 6) is -0.345. The minimum absolute atomic E-state index is 0.345. The minimum Gasteiger partial charge on any atom is -0.465 e. The van der Waals surface area contributed by atoms with Crippen LogP contribution in [-0.4, -0.2) is 30.6 Å². The number of ether oxygens (including phenoxy) is 1. The molecule has 108 valence electrons. The van der Waals surface area contributed by atoms with Crippen LogP contribution in [0.1, 0.15) is 36.2 Å². The van der Waals surface area contributed by atoms with E-state index >= 15 is 0 Å². The number of carbonyl (C=O) groups is 1. The Balaban J connectivity index is 2.86. The van der Waals surface area contributed by atoms with Crippen LogP contribution >= 0.6 is 15.9 Å². The van der Waals surface area contributed by atoms with Crippen molar-refractivity contribution in [3.05, 3.63) is 33.8 Å². The van der Waals surface area contributed by atoms with Crippen molar-refractivity contribution in [2.24, 2.45) is 0 Å². The fraction of sp³-hybridized carbons (Fsp3) is 0.467. The second-order valence-corrected chi connectivity index (χ2v) is 5.62. The Bertz CT molecular complexity index is 509. The number of nitrogens with zero attached hydrogens (tertiary/aromatic N) is 2. The summed E-state index contributed by atoms with van der Waals surface area (Å²) in [4.78, 5) is 13.7. The van der Waals surface area contributed by atoms with Crippen molar-refractivity contribution < 1.29 is 9.53 Å². The molecule has 4 nitrogen and oxygen atoms in total. The van der Waals surface area contributed by atoms with Crippen LogP contribution in [0.25, 0.3) is 0 Å². The molecule has 0 unspecified atom stereocenters. The predicted molar refractivity (Wildman–Crippen MR) is 81.3 cm³/mol. The molecule has 0 fully saturated rings. The van der Waals surface area contributed by atoms with E-state index in [1.807, 2.05) is 6.07 Å². The Kier molecular flexibility index (Phi) is 6.69. The van der Waals surface area contributed by atoms with E-state index in [1.165, 1.54) is 7.11 Å². The maximum absolute atomic E-state index is 11.5. The summed E-state index contributed by atoms with van der Waals surface area (Å²) < 4.78 is 5.58. The third-order valence-corrected chi connectivity index (χ3v) is 3.83. The highest BCUT2D eigenvalue weighted by Crippen LogP contribution is 2.21. The van der Waals surface area contributed by atoms with Crippen molar-refractivity contribution in [1.82, 2.24) is 4.90 Å². The second-order valence-electron chi connectivity index (χ2n) is 4.77. The largest absolute Gasteiger partial charge is 0.465 e. The highest BCUT2D eigenvalue weighted by Gasteiger charge is 2.13. The molecule has 0 saturated carbocycles. The maximum atomic E-state index is 11.5. The predicted octanol–water partition coefficient (Wildman–Crippen LogP) is 3.36. The van der Waals surface area contributed by atoms with Gasteiger partial charge in [0, 0.05) is 30.0 Å². The molecule has 0 spiro atoms. The van der Waals surface area contributed by atoms with Crippen LogP contribution in [-0.2, 0) is 11.3 Å². The molecule has 0 atom stereocenters. The van der Waals surface area contributed by atoms with Gasteiger partial charge in [-0.15, -0.1) is 0 Å². The fourth-order valence-corrected chi connectivity index (χ4v) is 2.36. The molecule has 0 radical (unpaired) electrons. The zero-order valence-electron chi connectivity index (χ0n) is 12.0. The lowest BCUT2D eigenvalue weighted by Gasteiger charge is -2.26. The molecular formula is C15H19BrN2O2. The number of hydrogen-bond donors (Lipinski definition) is 0. The van der Waals surface area contributed by atoms with Crippen molar-refractivity contribution in [1.29, 1.82) is 5.26 Å². The van der Waals surface area contributed by atoms with Gasteiger partial charge in [0.15, 0.2) is 0 Å². The van der Waals surface area contributed by atoms with Gasteiger partial charge < -0.3 is 4.74 Å². The Labute approximate surface area is 128 Å². The molecule has 1 rings (SSSR count). The highest BCUT2D eigenvalue weighted by atomic mass is 79.9. The van der Waals surface area contributed by atoms with Gasteiger partial charge >= 0.3 is 5.97 Å². The average molecular weight is 339 g/mol. The van der Waals surface area contributed by atoms with E-state index in [4.69, 9.17) is 10.00 Å². The van der Waals surface area contributed by atoms with Crippen LogP contribution in [0.15, 0.2) is 22.7 Å². The molecule has 0 amide bonds. The SMILES string of the molecule is COC(=O)c1ccc(CN(CCC#N)C(C)C)c(Br)c1. The molecule has 0 aliphatic heterocycles. The van der Waals surface area contributed by atoms with E-state index < -0.39 is 0 Å². The van der Waals surface area contributed by atoms with Crippen molar-refractivity contribution in [2.75, 3.05) is 13.7 Å². The lowest BCUT2D eigenvalue weighted by molar-refractivity contribution is 0.0600. The van der Waals surface area contributed by atoms with Crippen molar-refractivity contribution in [3.8, 4) is 6.07 Å². The van der Waals surface area contributed by atoms with Crippen molar-refractivity contribution >= 4 is 21.9 Å². The van der Waals surface area contributed by atoms with Gasteiger partial charge in [-0.2, -0.15) is 5.26 Å². The number of rotatable bonds is 6. The van der Waals surface area contributed by atoms with Gasteiger partial charge in [0.1, 0.15) is 0 Å². The quantitative estimate of drug-likeness (QED) is 0.746. The molecule has 0 bridgehead atoms. The van der Waals surface area contributed by atoms with E-state index in [-0.39, 0.29) is 5.97 Å². The Morgan fingerprint density at radius 3 is 2.70 bits per heavy atom. The zero-order chi connectivity index (χ0) is 15.1. The first-order valence-electron chi connectivity index (χ1n) is 6.47. The highest BCUT2D eigenvalue weighted by molar-refractivity contribution is 9.10. The monoisotopic (exact) mass is 338 g/mol. The van der Waals surface area contributed by atoms with Crippen molar-refractivity contribution in [3.63, 3.8) is 0 Å². The van der Waals surface area contributed by atoms with Crippen LogP contribution in [0.4, 0.5) is 0 Å². The van der Waals surface area contributed by atoms with Crippen LogP contribution in [0, 0.1) is 11.3 Å². The van der Waals surface area contributed by atoms with E-state index in [2.05, 4.69) is 40.7 Å². The topological polar surface area (TPSA) is 53.3 Å². The number of nitriles is 1. The first-order valence-corrected chi connectivity index (χ1v) is 7.26. The Hall–Kier alpha value is -1.38. The third kappa shape index (κ3) is 4.62. The van der Waals surface area contributed by atoms with Gasteiger partial charge in [-0.05, 0) is 31.5 Å². The van der Waals surface area contributed by atoms with Gasteiger partial charge in [-0.25, -0.2) is 4.79 Å². The van der Waals surface area contributed by atoms with Crippen LogP contribution < -0.4 is 0 Å². The number of hydrogen-bond acceptors (Lipinski definition) is 4. The van der Waals surface area contributed by atoms with Crippen LogP contribution in [0.3, 0.4) is 0 Å². The van der Waals surface area contributed by atoms with Crippen molar-refractivity contribution in [2.45, 2.75) is 32.9 Å². The minimum atomic E-state index is -0.345. The van der Waals surface area contributed by atoms with Gasteiger partial charge in [-0.3, -0.25) is 4.90 Å². The number of halogens is 1. The average Bonchev–Trinajstić information content (AvgIpc) is 2.43. The first kappa shape index (κ1) is 16.7. The molecule has 0 N–H and O–H groups in total. The molecule has 1 aromatic rings.